The van der Waals surface area contributed by atoms with E-state index in [0.29, 0.717) is 12.5 Å². The zero-order chi connectivity index (χ0) is 23.4. The number of carbonyl (C=O) groups excluding carboxylic acids is 1. The average molecular weight is 461 g/mol. The van der Waals surface area contributed by atoms with Crippen LogP contribution in [0.1, 0.15) is 60.5 Å². The molecule has 1 N–H and O–H groups in total. The molecule has 3 aromatic rings. The van der Waals surface area contributed by atoms with Crippen molar-refractivity contribution in [1.82, 2.24) is 0 Å². The van der Waals surface area contributed by atoms with Gasteiger partial charge in [0.1, 0.15) is 10.8 Å². The minimum absolute atomic E-state index is 0.0771. The molecule has 0 aliphatic heterocycles. The molecule has 0 saturated carbocycles. The fraction of sp³-hybridized carbons (Fsp3) is 0.357. The number of aliphatic imine (C=N–C) groups is 1. The first-order chi connectivity index (χ1) is 15.8. The molecule has 0 bridgehead atoms. The third-order valence-corrected chi connectivity index (χ3v) is 7.41. The molecular weight excluding hydrogens is 428 g/mol. The van der Waals surface area contributed by atoms with Gasteiger partial charge in [-0.2, -0.15) is 0 Å². The highest BCUT2D eigenvalue weighted by atomic mass is 32.1. The molecule has 4 nitrogen and oxygen atoms in total. The van der Waals surface area contributed by atoms with Crippen molar-refractivity contribution >= 4 is 34.1 Å². The van der Waals surface area contributed by atoms with Crippen LogP contribution in [0.15, 0.2) is 59.6 Å². The van der Waals surface area contributed by atoms with E-state index in [9.17, 15) is 4.79 Å². The number of rotatable bonds is 6. The SMILES string of the molecule is CCOc1ccc(C=Nc2sc3c(c2C(=O)Nc2ccccc2)CC[C@@H](C(C)(C)C)C3)cc1. The monoisotopic (exact) mass is 460 g/mol. The lowest BCUT2D eigenvalue weighted by Crippen LogP contribution is -2.27. The number of thiophene rings is 1. The van der Waals surface area contributed by atoms with Crippen LogP contribution in [0.2, 0.25) is 0 Å². The summed E-state index contributed by atoms with van der Waals surface area (Å²) in [5.41, 5.74) is 3.93. The fourth-order valence-corrected chi connectivity index (χ4v) is 5.57. The number of amides is 1. The molecule has 1 heterocycles. The summed E-state index contributed by atoms with van der Waals surface area (Å²) < 4.78 is 5.53. The molecule has 0 fully saturated rings. The van der Waals surface area contributed by atoms with Crippen LogP contribution >= 0.6 is 11.3 Å². The van der Waals surface area contributed by atoms with Crippen molar-refractivity contribution in [1.29, 1.82) is 0 Å². The van der Waals surface area contributed by atoms with Crippen molar-refractivity contribution in [2.45, 2.75) is 47.0 Å². The van der Waals surface area contributed by atoms with Crippen LogP contribution in [0.4, 0.5) is 10.7 Å². The quantitative estimate of drug-likeness (QED) is 0.392. The highest BCUT2D eigenvalue weighted by Crippen LogP contribution is 2.45. The number of anilines is 1. The number of nitrogens with zero attached hydrogens (tertiary/aromatic N) is 1. The first-order valence-corrected chi connectivity index (χ1v) is 12.4. The molecule has 1 aliphatic carbocycles. The van der Waals surface area contributed by atoms with Gasteiger partial charge in [0.05, 0.1) is 12.2 Å². The number of ether oxygens (including phenoxy) is 1. The molecule has 1 amide bonds. The van der Waals surface area contributed by atoms with Crippen molar-refractivity contribution in [3.8, 4) is 5.75 Å². The summed E-state index contributed by atoms with van der Waals surface area (Å²) in [6, 6.07) is 17.5. The Hall–Kier alpha value is -2.92. The molecule has 1 aliphatic rings. The lowest BCUT2D eigenvalue weighted by Gasteiger charge is -2.33. The zero-order valence-electron chi connectivity index (χ0n) is 19.9. The Balaban J connectivity index is 1.66. The average Bonchev–Trinajstić information content (AvgIpc) is 3.17. The van der Waals surface area contributed by atoms with Gasteiger partial charge in [0.15, 0.2) is 0 Å². The number of fused-ring (bicyclic) bond motifs is 1. The number of hydrogen-bond donors (Lipinski definition) is 1. The minimum atomic E-state index is -0.0771. The minimum Gasteiger partial charge on any atom is -0.494 e. The highest BCUT2D eigenvalue weighted by Gasteiger charge is 2.33. The third-order valence-electron chi connectivity index (χ3n) is 6.25. The fourth-order valence-electron chi connectivity index (χ4n) is 4.30. The topological polar surface area (TPSA) is 50.7 Å². The number of hydrogen-bond acceptors (Lipinski definition) is 4. The van der Waals surface area contributed by atoms with Crippen LogP contribution in [0.25, 0.3) is 0 Å². The second-order valence-corrected chi connectivity index (χ2v) is 10.7. The van der Waals surface area contributed by atoms with Gasteiger partial charge in [-0.1, -0.05) is 39.0 Å². The zero-order valence-corrected chi connectivity index (χ0v) is 20.7. The smallest absolute Gasteiger partial charge is 0.259 e. The molecule has 1 atom stereocenters. The Morgan fingerprint density at radius 2 is 1.88 bits per heavy atom. The summed E-state index contributed by atoms with van der Waals surface area (Å²) in [5.74, 6) is 1.38. The second-order valence-electron chi connectivity index (χ2n) is 9.57. The van der Waals surface area contributed by atoms with Crippen molar-refractivity contribution in [3.63, 3.8) is 0 Å². The lowest BCUT2D eigenvalue weighted by atomic mass is 9.72. The van der Waals surface area contributed by atoms with Crippen LogP contribution in [-0.2, 0) is 12.8 Å². The Morgan fingerprint density at radius 1 is 1.15 bits per heavy atom. The van der Waals surface area contributed by atoms with Gasteiger partial charge in [-0.25, -0.2) is 4.99 Å². The second kappa shape index (κ2) is 9.92. The molecule has 0 unspecified atom stereocenters. The Morgan fingerprint density at radius 3 is 2.55 bits per heavy atom. The predicted molar refractivity (Wildman–Crippen MR) is 139 cm³/mol. The van der Waals surface area contributed by atoms with Crippen LogP contribution in [-0.4, -0.2) is 18.7 Å². The number of carbonyl (C=O) groups is 1. The number of nitrogens with one attached hydrogen (secondary N) is 1. The van der Waals surface area contributed by atoms with Gasteiger partial charge >= 0.3 is 0 Å². The Kier molecular flexibility index (Phi) is 6.99. The standard InChI is InChI=1S/C28H32N2O2S/c1-5-32-22-14-11-19(12-15-22)18-29-27-25(26(31)30-21-9-7-6-8-10-21)23-16-13-20(28(2,3)4)17-24(23)33-27/h6-12,14-15,18,20H,5,13,16-17H2,1-4H3,(H,30,31)/t20-/m1/s1. The number of benzene rings is 2. The van der Waals surface area contributed by atoms with Gasteiger partial charge in [0, 0.05) is 16.8 Å². The van der Waals surface area contributed by atoms with E-state index in [1.54, 1.807) is 11.3 Å². The molecule has 33 heavy (non-hydrogen) atoms. The first-order valence-electron chi connectivity index (χ1n) is 11.6. The van der Waals surface area contributed by atoms with Crippen molar-refractivity contribution in [3.05, 3.63) is 76.2 Å². The Labute approximate surface area is 200 Å². The van der Waals surface area contributed by atoms with Crippen LogP contribution in [0.5, 0.6) is 5.75 Å². The van der Waals surface area contributed by atoms with E-state index in [1.807, 2.05) is 67.7 Å². The maximum absolute atomic E-state index is 13.4. The van der Waals surface area contributed by atoms with Gasteiger partial charge in [-0.15, -0.1) is 11.3 Å². The summed E-state index contributed by atoms with van der Waals surface area (Å²) in [6.45, 7) is 9.54. The molecule has 2 aromatic carbocycles. The summed E-state index contributed by atoms with van der Waals surface area (Å²) in [5, 5.41) is 3.86. The van der Waals surface area contributed by atoms with Gasteiger partial charge in [-0.05, 0) is 85.0 Å². The third kappa shape index (κ3) is 5.53. The van der Waals surface area contributed by atoms with Gasteiger partial charge < -0.3 is 10.1 Å². The predicted octanol–water partition coefficient (Wildman–Crippen LogP) is 7.30. The normalized spacial score (nSPS) is 15.9. The van der Waals surface area contributed by atoms with Crippen LogP contribution < -0.4 is 10.1 Å². The summed E-state index contributed by atoms with van der Waals surface area (Å²) >= 11 is 1.67. The van der Waals surface area contributed by atoms with E-state index >= 15 is 0 Å². The summed E-state index contributed by atoms with van der Waals surface area (Å²) in [7, 11) is 0. The molecular formula is C28H32N2O2S. The van der Waals surface area contributed by atoms with Gasteiger partial charge in [0.25, 0.3) is 5.91 Å². The van der Waals surface area contributed by atoms with E-state index < -0.39 is 0 Å². The lowest BCUT2D eigenvalue weighted by molar-refractivity contribution is 0.102. The van der Waals surface area contributed by atoms with Crippen molar-refractivity contribution < 1.29 is 9.53 Å². The van der Waals surface area contributed by atoms with Crippen LogP contribution in [0.3, 0.4) is 0 Å². The van der Waals surface area contributed by atoms with E-state index in [-0.39, 0.29) is 11.3 Å². The molecule has 172 valence electrons. The van der Waals surface area contributed by atoms with E-state index in [1.165, 1.54) is 10.4 Å². The first kappa shape index (κ1) is 23.2. The molecule has 0 spiro atoms. The summed E-state index contributed by atoms with van der Waals surface area (Å²) in [4.78, 5) is 19.5. The number of para-hydroxylation sites is 1. The van der Waals surface area contributed by atoms with E-state index in [4.69, 9.17) is 9.73 Å². The molecule has 5 heteroatoms. The molecule has 1 aromatic heterocycles. The largest absolute Gasteiger partial charge is 0.494 e. The Bertz CT molecular complexity index is 1130. The van der Waals surface area contributed by atoms with Crippen molar-refractivity contribution in [2.24, 2.45) is 16.3 Å². The van der Waals surface area contributed by atoms with Crippen LogP contribution in [0, 0.1) is 11.3 Å². The van der Waals surface area contributed by atoms with Gasteiger partial charge in [-0.3, -0.25) is 4.79 Å². The highest BCUT2D eigenvalue weighted by molar-refractivity contribution is 7.16. The molecule has 4 rings (SSSR count). The van der Waals surface area contributed by atoms with E-state index in [2.05, 4.69) is 26.1 Å². The molecule has 0 saturated heterocycles. The maximum Gasteiger partial charge on any atom is 0.259 e. The summed E-state index contributed by atoms with van der Waals surface area (Å²) in [6.07, 6.45) is 4.87. The maximum atomic E-state index is 13.4. The van der Waals surface area contributed by atoms with Gasteiger partial charge in [0.2, 0.25) is 0 Å². The van der Waals surface area contributed by atoms with E-state index in [0.717, 1.165) is 46.8 Å². The van der Waals surface area contributed by atoms with Crippen molar-refractivity contribution in [2.75, 3.05) is 11.9 Å². The molecule has 0 radical (unpaired) electrons.